The molecule has 0 aliphatic rings. The molecule has 0 aliphatic heterocycles. The van der Waals surface area contributed by atoms with Gasteiger partial charge in [-0.25, -0.2) is 4.98 Å². The van der Waals surface area contributed by atoms with Crippen LogP contribution in [0.15, 0.2) is 182 Å². The Bertz CT molecular complexity index is 4080. The van der Waals surface area contributed by atoms with E-state index in [0.29, 0.717) is 11.5 Å². The molecule has 326 valence electrons. The number of rotatable bonds is 6. The fraction of sp³-hybridized carbons (Fsp3) is 0.0847. The van der Waals surface area contributed by atoms with Crippen molar-refractivity contribution >= 4 is 76.5 Å². The number of hydrogen-bond acceptors (Lipinski definition) is 2. The van der Waals surface area contributed by atoms with Crippen LogP contribution in [0.3, 0.4) is 0 Å². The second-order valence-electron chi connectivity index (χ2n) is 18.1. The van der Waals surface area contributed by atoms with E-state index in [4.69, 9.17) is 9.72 Å². The average molecular weight is 1050 g/mol. The Kier molecular flexibility index (Phi) is 9.39. The van der Waals surface area contributed by atoms with Crippen LogP contribution in [0.25, 0.3) is 99.3 Å². The fourth-order valence-electron chi connectivity index (χ4n) is 10.2. The Morgan fingerprint density at radius 2 is 1.18 bits per heavy atom. The number of pyridine rings is 1. The van der Waals surface area contributed by atoms with Gasteiger partial charge in [0, 0.05) is 78.6 Å². The van der Waals surface area contributed by atoms with Crippen molar-refractivity contribution in [2.45, 2.75) is 26.2 Å². The van der Waals surface area contributed by atoms with Gasteiger partial charge in [-0.15, -0.1) is 29.7 Å². The van der Waals surface area contributed by atoms with Gasteiger partial charge >= 0.3 is 0 Å². The van der Waals surface area contributed by atoms with Crippen LogP contribution in [0.5, 0.6) is 11.5 Å². The number of fused-ring (bicyclic) bond motifs is 13. The van der Waals surface area contributed by atoms with Gasteiger partial charge in [0.2, 0.25) is 0 Å². The molecule has 13 rings (SSSR count). The first-order valence-electron chi connectivity index (χ1n) is 22.4. The van der Waals surface area contributed by atoms with E-state index < -0.39 is 0 Å². The van der Waals surface area contributed by atoms with E-state index >= 15 is 0 Å². The van der Waals surface area contributed by atoms with E-state index in [0.717, 1.165) is 72.3 Å². The van der Waals surface area contributed by atoms with E-state index in [1.165, 1.54) is 32.6 Å². The van der Waals surface area contributed by atoms with E-state index in [9.17, 15) is 0 Å². The van der Waals surface area contributed by atoms with Crippen LogP contribution in [-0.4, -0.2) is 23.3 Å². The first kappa shape index (κ1) is 40.8. The third-order valence-electron chi connectivity index (χ3n) is 13.2. The summed E-state index contributed by atoms with van der Waals surface area (Å²) in [5.41, 5.74) is 12.6. The second-order valence-corrected chi connectivity index (χ2v) is 18.1. The third kappa shape index (κ3) is 6.22. The average Bonchev–Trinajstić information content (AvgIpc) is 4.09. The maximum absolute atomic E-state index is 6.81. The van der Waals surface area contributed by atoms with Gasteiger partial charge in [-0.1, -0.05) is 123 Å². The van der Waals surface area contributed by atoms with Gasteiger partial charge in [-0.2, -0.15) is 18.2 Å². The Hall–Kier alpha value is -7.73. The Labute approximate surface area is 401 Å². The SMILES string of the molecule is Cn1c2ccccc2c2c1c1c(c3ccc(Oc4[c-]c(-[n+]5[c-]n(-c6ccccc6)c6ccccc65)ccc4)[c-]c3n1-c1cc(C(C)(C)C)ccn1)c1c3ccccc3n(-c3ccccc3)c12.[Pt]. The normalized spacial score (nSPS) is 12.1. The molecule has 0 fully saturated rings. The maximum Gasteiger partial charge on any atom is 0.268 e. The molecule has 0 aliphatic carbocycles. The number of aryl methyl sites for hydroxylation is 1. The topological polar surface area (TPSA) is 45.7 Å². The number of para-hydroxylation sites is 6. The molecule has 7 nitrogen and oxygen atoms in total. The summed E-state index contributed by atoms with van der Waals surface area (Å²) in [6.45, 7) is 6.75. The first-order chi connectivity index (χ1) is 32.3. The minimum atomic E-state index is -0.108. The number of hydrogen-bond donors (Lipinski definition) is 0. The molecule has 8 aromatic carbocycles. The van der Waals surface area contributed by atoms with Crippen molar-refractivity contribution in [2.75, 3.05) is 0 Å². The molecule has 0 N–H and O–H groups in total. The molecule has 0 atom stereocenters. The molecule has 0 radical (unpaired) electrons. The Morgan fingerprint density at radius 1 is 0.537 bits per heavy atom. The van der Waals surface area contributed by atoms with Gasteiger partial charge in [0.15, 0.2) is 0 Å². The van der Waals surface area contributed by atoms with Crippen molar-refractivity contribution in [1.29, 1.82) is 0 Å². The van der Waals surface area contributed by atoms with E-state index in [-0.39, 0.29) is 26.5 Å². The first-order valence-corrected chi connectivity index (χ1v) is 22.4. The minimum Gasteiger partial charge on any atom is -0.510 e. The molecular formula is C59H42N6OPt-2. The van der Waals surface area contributed by atoms with Gasteiger partial charge in [-0.3, -0.25) is 4.57 Å². The summed E-state index contributed by atoms with van der Waals surface area (Å²) in [6.07, 6.45) is 5.53. The van der Waals surface area contributed by atoms with Crippen LogP contribution < -0.4 is 9.30 Å². The van der Waals surface area contributed by atoms with Crippen LogP contribution in [0.2, 0.25) is 0 Å². The maximum atomic E-state index is 6.81. The second kappa shape index (κ2) is 15.4. The predicted octanol–water partition coefficient (Wildman–Crippen LogP) is 13.6. The number of ether oxygens (including phenoxy) is 1. The van der Waals surface area contributed by atoms with Crippen molar-refractivity contribution in [3.05, 3.63) is 206 Å². The standard InChI is InChI=1S/C59H42N6O.Pt/c1-59(2,3)38-32-33-60-52(34-38)65-51-36-43(66-42-23-17-22-41(35-42)63-37-62(39-18-7-5-8-19-39)49-28-15-16-29-50(49)63)30-31-46(51)54-53-45-25-12-14-27-48(45)64(40-20-9-6-10-21-40)56(53)55-44-24-11-13-26-47(44)61(4)57(55)58(54)65;/h5-34H,1-4H3;/q-2;. The summed E-state index contributed by atoms with van der Waals surface area (Å²) in [5, 5.41) is 6.96. The molecule has 5 aromatic heterocycles. The van der Waals surface area contributed by atoms with Crippen LogP contribution in [0, 0.1) is 18.5 Å². The zero-order chi connectivity index (χ0) is 44.3. The number of benzene rings is 8. The summed E-state index contributed by atoms with van der Waals surface area (Å²) in [5.74, 6) is 1.97. The van der Waals surface area contributed by atoms with E-state index in [2.05, 4.69) is 198 Å². The van der Waals surface area contributed by atoms with Gasteiger partial charge in [0.05, 0.1) is 38.8 Å². The monoisotopic (exact) mass is 1050 g/mol. The van der Waals surface area contributed by atoms with Gasteiger partial charge < -0.3 is 23.0 Å². The molecule has 0 saturated carbocycles. The van der Waals surface area contributed by atoms with E-state index in [1.807, 2.05) is 53.2 Å². The molecule has 5 heterocycles. The molecule has 13 aromatic rings. The molecule has 0 spiro atoms. The zero-order valence-corrected chi connectivity index (χ0v) is 39.5. The van der Waals surface area contributed by atoms with Crippen LogP contribution in [-0.2, 0) is 33.5 Å². The molecular weight excluding hydrogens is 1000 g/mol. The van der Waals surface area contributed by atoms with Crippen molar-refractivity contribution in [1.82, 2.24) is 23.3 Å². The largest absolute Gasteiger partial charge is 0.510 e. The molecule has 0 unspecified atom stereocenters. The summed E-state index contributed by atoms with van der Waals surface area (Å²) in [7, 11) is 2.19. The summed E-state index contributed by atoms with van der Waals surface area (Å²) < 4.78 is 18.1. The quantitative estimate of drug-likeness (QED) is 0.123. The molecule has 67 heavy (non-hydrogen) atoms. The molecule has 0 bridgehead atoms. The van der Waals surface area contributed by atoms with Crippen LogP contribution in [0.1, 0.15) is 26.3 Å². The van der Waals surface area contributed by atoms with Crippen LogP contribution >= 0.6 is 0 Å². The molecule has 8 heteroatoms. The predicted molar refractivity (Wildman–Crippen MR) is 267 cm³/mol. The minimum absolute atomic E-state index is 0. The number of imidazole rings is 1. The summed E-state index contributed by atoms with van der Waals surface area (Å²) >= 11 is 0. The fourth-order valence-corrected chi connectivity index (χ4v) is 10.2. The number of nitrogens with zero attached hydrogens (tertiary/aromatic N) is 6. The Balaban J connectivity index is 0.00000468. The van der Waals surface area contributed by atoms with E-state index in [1.54, 1.807) is 0 Å². The van der Waals surface area contributed by atoms with Gasteiger partial charge in [-0.05, 0) is 70.6 Å². The van der Waals surface area contributed by atoms with Crippen molar-refractivity contribution < 1.29 is 30.4 Å². The third-order valence-corrected chi connectivity index (χ3v) is 13.2. The number of aromatic nitrogens is 6. The smallest absolute Gasteiger partial charge is 0.268 e. The summed E-state index contributed by atoms with van der Waals surface area (Å²) in [4.78, 5) is 5.16. The molecule has 0 amide bonds. The molecule has 0 saturated heterocycles. The van der Waals surface area contributed by atoms with Crippen molar-refractivity contribution in [3.8, 4) is 34.4 Å². The van der Waals surface area contributed by atoms with Crippen molar-refractivity contribution in [2.24, 2.45) is 7.05 Å². The van der Waals surface area contributed by atoms with Crippen LogP contribution in [0.4, 0.5) is 0 Å². The van der Waals surface area contributed by atoms with Gasteiger partial charge in [0.1, 0.15) is 5.82 Å². The Morgan fingerprint density at radius 3 is 1.94 bits per heavy atom. The summed E-state index contributed by atoms with van der Waals surface area (Å²) in [6, 6.07) is 69.0. The van der Waals surface area contributed by atoms with Crippen molar-refractivity contribution in [3.63, 3.8) is 0 Å². The van der Waals surface area contributed by atoms with Gasteiger partial charge in [0.25, 0.3) is 6.33 Å². The zero-order valence-electron chi connectivity index (χ0n) is 37.2.